The fourth-order valence-electron chi connectivity index (χ4n) is 3.66. The van der Waals surface area contributed by atoms with E-state index in [1.54, 1.807) is 24.3 Å². The van der Waals surface area contributed by atoms with Gasteiger partial charge in [-0.25, -0.2) is 0 Å². The van der Waals surface area contributed by atoms with Gasteiger partial charge in [0.05, 0.1) is 7.11 Å². The van der Waals surface area contributed by atoms with E-state index in [1.807, 2.05) is 44.2 Å². The molecule has 2 atom stereocenters. The normalized spacial score (nSPS) is 14.5. The molecular weight excluding hydrogens is 446 g/mol. The van der Waals surface area contributed by atoms with Crippen LogP contribution < -0.4 is 20.7 Å². The van der Waals surface area contributed by atoms with Gasteiger partial charge in [-0.15, -0.1) is 0 Å². The number of rotatable bonds is 12. The smallest absolute Gasteiger partial charge is 0.289 e. The van der Waals surface area contributed by atoms with E-state index in [9.17, 15) is 19.2 Å². The van der Waals surface area contributed by atoms with E-state index in [0.29, 0.717) is 17.7 Å². The van der Waals surface area contributed by atoms with Crippen LogP contribution >= 0.6 is 0 Å². The second-order valence-electron chi connectivity index (χ2n) is 9.25. The van der Waals surface area contributed by atoms with Gasteiger partial charge in [-0.3, -0.25) is 19.2 Å². The van der Waals surface area contributed by atoms with Gasteiger partial charge < -0.3 is 20.7 Å². The predicted molar refractivity (Wildman–Crippen MR) is 132 cm³/mol. The monoisotopic (exact) mass is 479 g/mol. The molecule has 0 radical (unpaired) electrons. The fourth-order valence-corrected chi connectivity index (χ4v) is 3.66. The average molecular weight is 480 g/mol. The molecule has 3 amide bonds. The molecule has 2 aromatic rings. The van der Waals surface area contributed by atoms with E-state index in [1.165, 1.54) is 7.11 Å². The van der Waals surface area contributed by atoms with Gasteiger partial charge in [0.1, 0.15) is 17.8 Å². The quantitative estimate of drug-likeness (QED) is 0.405. The zero-order valence-electron chi connectivity index (χ0n) is 20.4. The zero-order chi connectivity index (χ0) is 25.4. The van der Waals surface area contributed by atoms with Crippen molar-refractivity contribution in [3.8, 4) is 5.75 Å². The van der Waals surface area contributed by atoms with Gasteiger partial charge >= 0.3 is 0 Å². The molecule has 0 heterocycles. The fraction of sp³-hybridized carbons (Fsp3) is 0.407. The van der Waals surface area contributed by atoms with E-state index in [4.69, 9.17) is 4.74 Å². The van der Waals surface area contributed by atoms with Crippen molar-refractivity contribution in [1.82, 2.24) is 16.0 Å². The van der Waals surface area contributed by atoms with Crippen LogP contribution in [0.4, 0.5) is 0 Å². The maximum Gasteiger partial charge on any atom is 0.289 e. The zero-order valence-corrected chi connectivity index (χ0v) is 20.4. The van der Waals surface area contributed by atoms with Gasteiger partial charge in [-0.2, -0.15) is 0 Å². The first-order chi connectivity index (χ1) is 16.8. The summed E-state index contributed by atoms with van der Waals surface area (Å²) in [6.45, 7) is 3.88. The molecule has 3 N–H and O–H groups in total. The van der Waals surface area contributed by atoms with Gasteiger partial charge in [-0.1, -0.05) is 44.2 Å². The number of ether oxygens (including phenoxy) is 1. The van der Waals surface area contributed by atoms with Crippen LogP contribution in [0.15, 0.2) is 54.6 Å². The van der Waals surface area contributed by atoms with Gasteiger partial charge in [0, 0.05) is 18.0 Å². The lowest BCUT2D eigenvalue weighted by Gasteiger charge is -2.24. The molecule has 8 heteroatoms. The summed E-state index contributed by atoms with van der Waals surface area (Å²) in [7, 11) is 1.54. The SMILES string of the molecule is COc1ccc(C(=O)NC(CC(C)C)C(=O)NC(Cc2ccccc2)C(=O)C(=O)NC2CC2)cc1. The van der Waals surface area contributed by atoms with Crippen molar-refractivity contribution in [3.63, 3.8) is 0 Å². The Morgan fingerprint density at radius 3 is 2.14 bits per heavy atom. The summed E-state index contributed by atoms with van der Waals surface area (Å²) in [6.07, 6.45) is 2.24. The molecule has 0 spiro atoms. The highest BCUT2D eigenvalue weighted by molar-refractivity contribution is 6.38. The van der Waals surface area contributed by atoms with Crippen LogP contribution in [0.1, 0.15) is 49.0 Å². The number of carbonyl (C=O) groups excluding carboxylic acids is 4. The van der Waals surface area contributed by atoms with Gasteiger partial charge in [-0.05, 0) is 55.0 Å². The van der Waals surface area contributed by atoms with E-state index in [2.05, 4.69) is 16.0 Å². The van der Waals surface area contributed by atoms with E-state index in [0.717, 1.165) is 18.4 Å². The van der Waals surface area contributed by atoms with Crippen molar-refractivity contribution < 1.29 is 23.9 Å². The van der Waals surface area contributed by atoms with Crippen LogP contribution in [0.2, 0.25) is 0 Å². The lowest BCUT2D eigenvalue weighted by Crippen LogP contribution is -2.55. The van der Waals surface area contributed by atoms with Crippen LogP contribution in [0.5, 0.6) is 5.75 Å². The van der Waals surface area contributed by atoms with Crippen LogP contribution in [-0.4, -0.2) is 48.7 Å². The number of ketones is 1. The largest absolute Gasteiger partial charge is 0.497 e. The summed E-state index contributed by atoms with van der Waals surface area (Å²) < 4.78 is 5.12. The summed E-state index contributed by atoms with van der Waals surface area (Å²) in [5, 5.41) is 8.21. The van der Waals surface area contributed by atoms with Gasteiger partial charge in [0.15, 0.2) is 0 Å². The molecule has 2 aromatic carbocycles. The highest BCUT2D eigenvalue weighted by Crippen LogP contribution is 2.19. The van der Waals surface area contributed by atoms with Crippen molar-refractivity contribution in [3.05, 3.63) is 65.7 Å². The first kappa shape index (κ1) is 25.9. The molecule has 186 valence electrons. The van der Waals surface area contributed by atoms with E-state index in [-0.39, 0.29) is 18.4 Å². The Bertz CT molecular complexity index is 1030. The topological polar surface area (TPSA) is 114 Å². The third-order valence-corrected chi connectivity index (χ3v) is 5.73. The maximum absolute atomic E-state index is 13.3. The Balaban J connectivity index is 1.74. The van der Waals surface area contributed by atoms with Crippen LogP contribution in [0, 0.1) is 5.92 Å². The molecular formula is C27H33N3O5. The first-order valence-corrected chi connectivity index (χ1v) is 11.9. The molecule has 0 saturated heterocycles. The van der Waals surface area contributed by atoms with E-state index < -0.39 is 35.6 Å². The highest BCUT2D eigenvalue weighted by Gasteiger charge is 2.33. The third-order valence-electron chi connectivity index (χ3n) is 5.73. The van der Waals surface area contributed by atoms with E-state index >= 15 is 0 Å². The Labute approximate surface area is 205 Å². The number of amides is 3. The molecule has 35 heavy (non-hydrogen) atoms. The number of hydrogen-bond acceptors (Lipinski definition) is 5. The maximum atomic E-state index is 13.3. The highest BCUT2D eigenvalue weighted by atomic mass is 16.5. The summed E-state index contributed by atoms with van der Waals surface area (Å²) in [5.41, 5.74) is 1.20. The van der Waals surface area contributed by atoms with Crippen LogP contribution in [0.25, 0.3) is 0 Å². The standard InChI is InChI=1S/C27H33N3O5/c1-17(2)15-23(30-25(32)19-9-13-21(35-3)14-10-19)26(33)29-22(16-18-7-5-4-6-8-18)24(31)27(34)28-20-11-12-20/h4-10,13-14,17,20,22-23H,11-12,15-16H2,1-3H3,(H,28,34)(H,29,33)(H,30,32). The lowest BCUT2D eigenvalue weighted by atomic mass is 9.99. The van der Waals surface area contributed by atoms with Gasteiger partial charge in [0.25, 0.3) is 11.8 Å². The first-order valence-electron chi connectivity index (χ1n) is 11.9. The summed E-state index contributed by atoms with van der Waals surface area (Å²) in [4.78, 5) is 51.5. The molecule has 2 unspecified atom stereocenters. The minimum Gasteiger partial charge on any atom is -0.497 e. The summed E-state index contributed by atoms with van der Waals surface area (Å²) in [5.74, 6) is -1.59. The molecule has 1 aliphatic carbocycles. The number of Topliss-reactive ketones (excluding diaryl/α,β-unsaturated/α-hetero) is 1. The Morgan fingerprint density at radius 2 is 1.57 bits per heavy atom. The Hall–Kier alpha value is -3.68. The van der Waals surface area contributed by atoms with Crippen molar-refractivity contribution in [2.45, 2.75) is 57.7 Å². The average Bonchev–Trinajstić information content (AvgIpc) is 3.67. The van der Waals surface area contributed by atoms with Gasteiger partial charge in [0.2, 0.25) is 11.7 Å². The number of benzene rings is 2. The molecule has 0 bridgehead atoms. The number of carbonyl (C=O) groups is 4. The number of hydrogen-bond donors (Lipinski definition) is 3. The van der Waals surface area contributed by atoms with Crippen molar-refractivity contribution in [1.29, 1.82) is 0 Å². The van der Waals surface area contributed by atoms with Crippen LogP contribution in [0.3, 0.4) is 0 Å². The number of methoxy groups -OCH3 is 1. The predicted octanol–water partition coefficient (Wildman–Crippen LogP) is 2.41. The molecule has 1 fully saturated rings. The van der Waals surface area contributed by atoms with Crippen molar-refractivity contribution >= 4 is 23.5 Å². The van der Waals surface area contributed by atoms with Crippen molar-refractivity contribution in [2.75, 3.05) is 7.11 Å². The third kappa shape index (κ3) is 7.95. The minimum absolute atomic E-state index is 0.0250. The Morgan fingerprint density at radius 1 is 0.914 bits per heavy atom. The Kier molecular flexibility index (Phi) is 9.00. The molecule has 1 saturated carbocycles. The van der Waals surface area contributed by atoms with Crippen molar-refractivity contribution in [2.24, 2.45) is 5.92 Å². The lowest BCUT2D eigenvalue weighted by molar-refractivity contribution is -0.140. The molecule has 8 nitrogen and oxygen atoms in total. The molecule has 3 rings (SSSR count). The molecule has 1 aliphatic rings. The molecule has 0 aliphatic heterocycles. The summed E-state index contributed by atoms with van der Waals surface area (Å²) >= 11 is 0. The molecule has 0 aromatic heterocycles. The second kappa shape index (κ2) is 12.1. The van der Waals surface area contributed by atoms with Crippen LogP contribution in [-0.2, 0) is 20.8 Å². The second-order valence-corrected chi connectivity index (χ2v) is 9.25. The number of nitrogens with one attached hydrogen (secondary N) is 3. The summed E-state index contributed by atoms with van der Waals surface area (Å²) in [6, 6.07) is 13.9. The minimum atomic E-state index is -1.05.